The number of carbonyl (C=O) groups is 1. The maximum atomic E-state index is 12.7. The first kappa shape index (κ1) is 15.8. The van der Waals surface area contributed by atoms with Gasteiger partial charge in [0.2, 0.25) is 0 Å². The molecule has 130 valence electrons. The number of aromatic amines is 1. The summed E-state index contributed by atoms with van der Waals surface area (Å²) in [6.07, 6.45) is 0.687. The molecule has 1 amide bonds. The molecule has 0 spiro atoms. The Kier molecular flexibility index (Phi) is 4.01. The number of rotatable bonds is 4. The van der Waals surface area contributed by atoms with Crippen LogP contribution in [0.25, 0.3) is 10.9 Å². The van der Waals surface area contributed by atoms with Gasteiger partial charge in [-0.25, -0.2) is 0 Å². The molecule has 1 saturated heterocycles. The summed E-state index contributed by atoms with van der Waals surface area (Å²) in [7, 11) is 0. The predicted octanol–water partition coefficient (Wildman–Crippen LogP) is 2.16. The van der Waals surface area contributed by atoms with Crippen molar-refractivity contribution in [2.75, 3.05) is 13.2 Å². The van der Waals surface area contributed by atoms with E-state index < -0.39 is 0 Å². The third-order valence-electron chi connectivity index (χ3n) is 4.59. The number of H-pyrrole nitrogens is 1. The van der Waals surface area contributed by atoms with Crippen LogP contribution in [0, 0.1) is 19.8 Å². The average molecular weight is 340 g/mol. The van der Waals surface area contributed by atoms with Crippen LogP contribution in [0.5, 0.6) is 0 Å². The van der Waals surface area contributed by atoms with E-state index in [4.69, 9.17) is 9.26 Å². The van der Waals surface area contributed by atoms with Gasteiger partial charge in [0.15, 0.2) is 5.69 Å². The van der Waals surface area contributed by atoms with Crippen LogP contribution >= 0.6 is 0 Å². The molecule has 1 aliphatic heterocycles. The maximum absolute atomic E-state index is 12.7. The third kappa shape index (κ3) is 3.15. The molecular formula is C18H20N4O3. The van der Waals surface area contributed by atoms with Crippen LogP contribution in [0.2, 0.25) is 0 Å². The van der Waals surface area contributed by atoms with Crippen LogP contribution in [0.15, 0.2) is 28.8 Å². The Morgan fingerprint density at radius 2 is 2.20 bits per heavy atom. The Morgan fingerprint density at radius 3 is 3.00 bits per heavy atom. The van der Waals surface area contributed by atoms with Crippen LogP contribution in [0.4, 0.5) is 0 Å². The van der Waals surface area contributed by atoms with Crippen molar-refractivity contribution in [1.82, 2.24) is 20.7 Å². The van der Waals surface area contributed by atoms with Crippen LogP contribution in [-0.4, -0.2) is 40.5 Å². The summed E-state index contributed by atoms with van der Waals surface area (Å²) < 4.78 is 10.9. The number of ether oxygens (including phenoxy) is 1. The summed E-state index contributed by atoms with van der Waals surface area (Å²) in [5.74, 6) is 0.780. The molecule has 2 N–H and O–H groups in total. The number of carbonyl (C=O) groups excluding carboxylic acids is 1. The molecule has 3 aromatic rings. The molecule has 0 saturated carbocycles. The molecule has 0 bridgehead atoms. The third-order valence-corrected chi connectivity index (χ3v) is 4.59. The first-order valence-electron chi connectivity index (χ1n) is 8.35. The van der Waals surface area contributed by atoms with Crippen molar-refractivity contribution in [2.24, 2.45) is 5.92 Å². The molecule has 3 heterocycles. The molecule has 1 fully saturated rings. The van der Waals surface area contributed by atoms with E-state index in [1.54, 1.807) is 0 Å². The van der Waals surface area contributed by atoms with Gasteiger partial charge in [-0.2, -0.15) is 5.10 Å². The topological polar surface area (TPSA) is 93.0 Å². The lowest BCUT2D eigenvalue weighted by molar-refractivity contribution is 0.0921. The standard InChI is InChI=1S/C18H20N4O3/c1-10-3-4-15-14(5-10)17(21-20-15)18(23)19-16-9-24-8-12(16)7-13-6-11(2)22-25-13/h3-6,12,16H,7-9H2,1-2H3,(H,19,23)(H,20,21)/t12-,16+/m0/s1. The summed E-state index contributed by atoms with van der Waals surface area (Å²) in [4.78, 5) is 12.7. The minimum atomic E-state index is -0.189. The largest absolute Gasteiger partial charge is 0.379 e. The van der Waals surface area contributed by atoms with Crippen molar-refractivity contribution in [3.05, 3.63) is 47.0 Å². The molecule has 1 aromatic carbocycles. The number of hydrogen-bond acceptors (Lipinski definition) is 5. The van der Waals surface area contributed by atoms with Gasteiger partial charge in [0.05, 0.1) is 30.5 Å². The summed E-state index contributed by atoms with van der Waals surface area (Å²) in [6.45, 7) is 4.96. The van der Waals surface area contributed by atoms with E-state index in [0.29, 0.717) is 25.3 Å². The molecule has 7 nitrogen and oxygen atoms in total. The van der Waals surface area contributed by atoms with Crippen molar-refractivity contribution < 1.29 is 14.1 Å². The van der Waals surface area contributed by atoms with Crippen LogP contribution < -0.4 is 5.32 Å². The predicted molar refractivity (Wildman–Crippen MR) is 91.3 cm³/mol. The van der Waals surface area contributed by atoms with Gasteiger partial charge in [-0.05, 0) is 26.0 Å². The van der Waals surface area contributed by atoms with Crippen molar-refractivity contribution in [3.63, 3.8) is 0 Å². The average Bonchev–Trinajstić information content (AvgIpc) is 3.28. The lowest BCUT2D eigenvalue weighted by Crippen LogP contribution is -2.40. The lowest BCUT2D eigenvalue weighted by Gasteiger charge is -2.17. The van der Waals surface area contributed by atoms with Crippen LogP contribution in [-0.2, 0) is 11.2 Å². The monoisotopic (exact) mass is 340 g/mol. The zero-order valence-corrected chi connectivity index (χ0v) is 14.2. The second-order valence-electron chi connectivity index (χ2n) is 6.64. The summed E-state index contributed by atoms with van der Waals surface area (Å²) >= 11 is 0. The van der Waals surface area contributed by atoms with Gasteiger partial charge in [0.25, 0.3) is 5.91 Å². The highest BCUT2D eigenvalue weighted by atomic mass is 16.5. The summed E-state index contributed by atoms with van der Waals surface area (Å²) in [5, 5.41) is 14.9. The van der Waals surface area contributed by atoms with Gasteiger partial charge < -0.3 is 14.6 Å². The number of nitrogens with one attached hydrogen (secondary N) is 2. The van der Waals surface area contributed by atoms with E-state index in [9.17, 15) is 4.79 Å². The normalized spacial score (nSPS) is 20.2. The van der Waals surface area contributed by atoms with Crippen molar-refractivity contribution in [3.8, 4) is 0 Å². The number of nitrogens with zero attached hydrogens (tertiary/aromatic N) is 2. The zero-order valence-electron chi connectivity index (χ0n) is 14.2. The van der Waals surface area contributed by atoms with Crippen molar-refractivity contribution in [1.29, 1.82) is 0 Å². The Labute approximate surface area is 144 Å². The molecule has 0 aliphatic carbocycles. The van der Waals surface area contributed by atoms with Gasteiger partial charge in [0.1, 0.15) is 5.76 Å². The second kappa shape index (κ2) is 6.33. The SMILES string of the molecule is Cc1ccc2[nH]nc(C(=O)N[C@@H]3COC[C@@H]3Cc3cc(C)no3)c2c1. The van der Waals surface area contributed by atoms with Gasteiger partial charge >= 0.3 is 0 Å². The number of aryl methyl sites for hydroxylation is 2. The fourth-order valence-electron chi connectivity index (χ4n) is 3.27. The number of amides is 1. The van der Waals surface area contributed by atoms with E-state index in [-0.39, 0.29) is 17.9 Å². The highest BCUT2D eigenvalue weighted by Gasteiger charge is 2.31. The van der Waals surface area contributed by atoms with Crippen molar-refractivity contribution in [2.45, 2.75) is 26.3 Å². The second-order valence-corrected chi connectivity index (χ2v) is 6.64. The van der Waals surface area contributed by atoms with Crippen molar-refractivity contribution >= 4 is 16.8 Å². The van der Waals surface area contributed by atoms with E-state index in [0.717, 1.165) is 27.9 Å². The Bertz CT molecular complexity index is 914. The molecule has 2 aromatic heterocycles. The molecule has 0 radical (unpaired) electrons. The first-order chi connectivity index (χ1) is 12.1. The highest BCUT2D eigenvalue weighted by molar-refractivity contribution is 6.04. The first-order valence-corrected chi connectivity index (χ1v) is 8.35. The molecular weight excluding hydrogens is 320 g/mol. The minimum absolute atomic E-state index is 0.0746. The van der Waals surface area contributed by atoms with Crippen LogP contribution in [0.3, 0.4) is 0 Å². The highest BCUT2D eigenvalue weighted by Crippen LogP contribution is 2.22. The van der Waals surface area contributed by atoms with Gasteiger partial charge in [0, 0.05) is 23.8 Å². The van der Waals surface area contributed by atoms with Gasteiger partial charge in [-0.1, -0.05) is 16.8 Å². The molecule has 1 aliphatic rings. The summed E-state index contributed by atoms with van der Waals surface area (Å²) in [5.41, 5.74) is 3.21. The van der Waals surface area contributed by atoms with Gasteiger partial charge in [-0.3, -0.25) is 9.89 Å². The lowest BCUT2D eigenvalue weighted by atomic mass is 9.98. The fraction of sp³-hybridized carbons (Fsp3) is 0.389. The van der Waals surface area contributed by atoms with E-state index in [2.05, 4.69) is 20.7 Å². The van der Waals surface area contributed by atoms with E-state index in [1.165, 1.54) is 0 Å². The van der Waals surface area contributed by atoms with Crippen LogP contribution in [0.1, 0.15) is 27.5 Å². The minimum Gasteiger partial charge on any atom is -0.379 e. The molecule has 7 heteroatoms. The molecule has 0 unspecified atom stereocenters. The maximum Gasteiger partial charge on any atom is 0.272 e. The number of benzene rings is 1. The Morgan fingerprint density at radius 1 is 1.32 bits per heavy atom. The Hall–Kier alpha value is -2.67. The van der Waals surface area contributed by atoms with Gasteiger partial charge in [-0.15, -0.1) is 0 Å². The fourth-order valence-corrected chi connectivity index (χ4v) is 3.27. The zero-order chi connectivity index (χ0) is 17.4. The molecule has 4 rings (SSSR count). The number of fused-ring (bicyclic) bond motifs is 1. The quantitative estimate of drug-likeness (QED) is 0.759. The molecule has 25 heavy (non-hydrogen) atoms. The number of hydrogen-bond donors (Lipinski definition) is 2. The van der Waals surface area contributed by atoms with E-state index >= 15 is 0 Å². The number of aromatic nitrogens is 3. The smallest absolute Gasteiger partial charge is 0.272 e. The van der Waals surface area contributed by atoms with E-state index in [1.807, 2.05) is 38.1 Å². The Balaban J connectivity index is 1.50. The molecule has 2 atom stereocenters. The summed E-state index contributed by atoms with van der Waals surface area (Å²) in [6, 6.07) is 7.73.